The van der Waals surface area contributed by atoms with Gasteiger partial charge in [-0.1, -0.05) is 23.8 Å². The SMILES string of the molecule is CCN(CC)C(=O)Cn1c(-c2cccc(C)c2)nc2scc(C(=O)O)c2c1=O. The van der Waals surface area contributed by atoms with Crippen LogP contribution in [0.25, 0.3) is 21.6 Å². The number of aryl methyl sites for hydroxylation is 1. The molecule has 8 heteroatoms. The molecule has 3 rings (SSSR count). The van der Waals surface area contributed by atoms with E-state index in [2.05, 4.69) is 4.98 Å². The minimum atomic E-state index is -1.19. The van der Waals surface area contributed by atoms with Crippen LogP contribution in [-0.2, 0) is 11.3 Å². The average molecular weight is 399 g/mol. The number of aromatic nitrogens is 2. The maximum atomic E-state index is 13.2. The quantitative estimate of drug-likeness (QED) is 0.688. The Morgan fingerprint density at radius 2 is 1.96 bits per heavy atom. The predicted molar refractivity (Wildman–Crippen MR) is 109 cm³/mol. The number of thiophene rings is 1. The first-order chi connectivity index (χ1) is 13.4. The molecule has 1 N–H and O–H groups in total. The van der Waals surface area contributed by atoms with E-state index in [-0.39, 0.29) is 23.4 Å². The van der Waals surface area contributed by atoms with E-state index in [9.17, 15) is 19.5 Å². The largest absolute Gasteiger partial charge is 0.478 e. The molecule has 7 nitrogen and oxygen atoms in total. The van der Waals surface area contributed by atoms with Crippen molar-refractivity contribution in [3.63, 3.8) is 0 Å². The molecule has 0 bridgehead atoms. The lowest BCUT2D eigenvalue weighted by Gasteiger charge is -2.20. The van der Waals surface area contributed by atoms with Crippen LogP contribution in [0.15, 0.2) is 34.4 Å². The number of rotatable bonds is 6. The smallest absolute Gasteiger partial charge is 0.337 e. The standard InChI is InChI=1S/C20H21N3O4S/c1-4-22(5-2)15(24)10-23-17(13-8-6-7-12(3)9-13)21-18-16(19(23)25)14(11-28-18)20(26)27/h6-9,11H,4-5,10H2,1-3H3,(H,26,27). The molecule has 146 valence electrons. The third kappa shape index (κ3) is 3.55. The fraction of sp³-hybridized carbons (Fsp3) is 0.300. The van der Waals surface area contributed by atoms with Crippen LogP contribution in [0.2, 0.25) is 0 Å². The summed E-state index contributed by atoms with van der Waals surface area (Å²) >= 11 is 1.11. The predicted octanol–water partition coefficient (Wildman–Crippen LogP) is 3.00. The summed E-state index contributed by atoms with van der Waals surface area (Å²) in [6.45, 7) is 6.53. The molecule has 0 aliphatic rings. The number of fused-ring (bicyclic) bond motifs is 1. The lowest BCUT2D eigenvalue weighted by atomic mass is 10.1. The van der Waals surface area contributed by atoms with Gasteiger partial charge >= 0.3 is 5.97 Å². The molecular weight excluding hydrogens is 378 g/mol. The molecule has 2 aromatic heterocycles. The first-order valence-electron chi connectivity index (χ1n) is 8.97. The molecular formula is C20H21N3O4S. The number of nitrogens with zero attached hydrogens (tertiary/aromatic N) is 3. The number of benzene rings is 1. The first kappa shape index (κ1) is 19.8. The van der Waals surface area contributed by atoms with Gasteiger partial charge in [-0.25, -0.2) is 9.78 Å². The van der Waals surface area contributed by atoms with Gasteiger partial charge in [0.1, 0.15) is 17.2 Å². The molecule has 0 fully saturated rings. The van der Waals surface area contributed by atoms with Crippen LogP contribution in [0.1, 0.15) is 29.8 Å². The number of likely N-dealkylation sites (N-methyl/N-ethyl adjacent to an activating group) is 1. The van der Waals surface area contributed by atoms with Gasteiger partial charge in [0.15, 0.2) is 0 Å². The van der Waals surface area contributed by atoms with Crippen molar-refractivity contribution in [2.75, 3.05) is 13.1 Å². The normalized spacial score (nSPS) is 11.0. The van der Waals surface area contributed by atoms with E-state index in [1.165, 1.54) is 9.95 Å². The highest BCUT2D eigenvalue weighted by Gasteiger charge is 2.22. The summed E-state index contributed by atoms with van der Waals surface area (Å²) in [5.74, 6) is -1.04. The van der Waals surface area contributed by atoms with Gasteiger partial charge in [-0.2, -0.15) is 0 Å². The monoisotopic (exact) mass is 399 g/mol. The molecule has 0 saturated heterocycles. The zero-order valence-corrected chi connectivity index (χ0v) is 16.7. The minimum Gasteiger partial charge on any atom is -0.478 e. The van der Waals surface area contributed by atoms with Crippen LogP contribution >= 0.6 is 11.3 Å². The Labute approximate surface area is 165 Å². The molecule has 2 heterocycles. The summed E-state index contributed by atoms with van der Waals surface area (Å²) in [5, 5.41) is 10.9. The lowest BCUT2D eigenvalue weighted by molar-refractivity contribution is -0.131. The second-order valence-corrected chi connectivity index (χ2v) is 7.26. The first-order valence-corrected chi connectivity index (χ1v) is 9.85. The molecule has 0 spiro atoms. The third-order valence-electron chi connectivity index (χ3n) is 4.61. The Morgan fingerprint density at radius 3 is 2.57 bits per heavy atom. The lowest BCUT2D eigenvalue weighted by Crippen LogP contribution is -2.37. The molecule has 0 aliphatic heterocycles. The summed E-state index contributed by atoms with van der Waals surface area (Å²) in [5.41, 5.74) is 1.10. The van der Waals surface area contributed by atoms with Gasteiger partial charge in [-0.15, -0.1) is 11.3 Å². The van der Waals surface area contributed by atoms with Crippen LogP contribution in [0, 0.1) is 6.92 Å². The van der Waals surface area contributed by atoms with Crippen molar-refractivity contribution in [1.82, 2.24) is 14.5 Å². The number of carboxylic acids is 1. The molecule has 3 aromatic rings. The Balaban J connectivity index is 2.27. The van der Waals surface area contributed by atoms with Gasteiger partial charge < -0.3 is 10.0 Å². The van der Waals surface area contributed by atoms with Crippen molar-refractivity contribution in [1.29, 1.82) is 0 Å². The van der Waals surface area contributed by atoms with E-state index in [0.29, 0.717) is 29.3 Å². The highest BCUT2D eigenvalue weighted by molar-refractivity contribution is 7.17. The zero-order valence-electron chi connectivity index (χ0n) is 15.9. The number of aromatic carboxylic acids is 1. The van der Waals surface area contributed by atoms with E-state index >= 15 is 0 Å². The summed E-state index contributed by atoms with van der Waals surface area (Å²) in [7, 11) is 0. The van der Waals surface area contributed by atoms with Crippen molar-refractivity contribution in [3.8, 4) is 11.4 Å². The Morgan fingerprint density at radius 1 is 1.25 bits per heavy atom. The molecule has 0 saturated carbocycles. The zero-order chi connectivity index (χ0) is 20.4. The van der Waals surface area contributed by atoms with Gasteiger partial charge in [0.2, 0.25) is 5.91 Å². The summed E-state index contributed by atoms with van der Waals surface area (Å²) in [6.07, 6.45) is 0. The van der Waals surface area contributed by atoms with Gasteiger partial charge in [-0.3, -0.25) is 14.2 Å². The number of carboxylic acid groups (broad SMARTS) is 1. The number of carbonyl (C=O) groups is 2. The van der Waals surface area contributed by atoms with E-state index in [1.54, 1.807) is 4.90 Å². The van der Waals surface area contributed by atoms with Crippen LogP contribution in [0.4, 0.5) is 0 Å². The number of carbonyl (C=O) groups excluding carboxylic acids is 1. The maximum Gasteiger partial charge on any atom is 0.337 e. The summed E-state index contributed by atoms with van der Waals surface area (Å²) in [6, 6.07) is 7.50. The van der Waals surface area contributed by atoms with Gasteiger partial charge in [0.05, 0.1) is 10.9 Å². The maximum absolute atomic E-state index is 13.2. The van der Waals surface area contributed by atoms with Crippen molar-refractivity contribution >= 4 is 33.4 Å². The average Bonchev–Trinajstić information content (AvgIpc) is 3.09. The van der Waals surface area contributed by atoms with E-state index in [0.717, 1.165) is 16.9 Å². The number of hydrogen-bond donors (Lipinski definition) is 1. The Hall–Kier alpha value is -3.00. The van der Waals surface area contributed by atoms with Gasteiger partial charge in [0.25, 0.3) is 5.56 Å². The molecule has 1 aromatic carbocycles. The second-order valence-electron chi connectivity index (χ2n) is 6.40. The molecule has 0 atom stereocenters. The third-order valence-corrected chi connectivity index (χ3v) is 5.48. The van der Waals surface area contributed by atoms with Crippen molar-refractivity contribution in [2.45, 2.75) is 27.3 Å². The fourth-order valence-electron chi connectivity index (χ4n) is 3.14. The van der Waals surface area contributed by atoms with Crippen molar-refractivity contribution in [2.24, 2.45) is 0 Å². The minimum absolute atomic E-state index is 0.0428. The van der Waals surface area contributed by atoms with E-state index in [1.807, 2.05) is 45.0 Å². The molecule has 0 radical (unpaired) electrons. The van der Waals surface area contributed by atoms with Crippen LogP contribution in [-0.4, -0.2) is 44.5 Å². The Bertz CT molecular complexity index is 1110. The second kappa shape index (κ2) is 7.93. The van der Waals surface area contributed by atoms with Crippen LogP contribution in [0.5, 0.6) is 0 Å². The van der Waals surface area contributed by atoms with Gasteiger partial charge in [0, 0.05) is 24.0 Å². The highest BCUT2D eigenvalue weighted by atomic mass is 32.1. The summed E-state index contributed by atoms with van der Waals surface area (Å²) < 4.78 is 1.29. The van der Waals surface area contributed by atoms with Crippen molar-refractivity contribution in [3.05, 3.63) is 51.1 Å². The van der Waals surface area contributed by atoms with Gasteiger partial charge in [-0.05, 0) is 26.8 Å². The molecule has 0 aliphatic carbocycles. The Kier molecular flexibility index (Phi) is 5.60. The van der Waals surface area contributed by atoms with E-state index < -0.39 is 11.5 Å². The molecule has 1 amide bonds. The highest BCUT2D eigenvalue weighted by Crippen LogP contribution is 2.26. The summed E-state index contributed by atoms with van der Waals surface area (Å²) in [4.78, 5) is 44.0. The number of amides is 1. The van der Waals surface area contributed by atoms with Crippen LogP contribution < -0.4 is 5.56 Å². The van der Waals surface area contributed by atoms with Crippen molar-refractivity contribution < 1.29 is 14.7 Å². The van der Waals surface area contributed by atoms with E-state index in [4.69, 9.17) is 0 Å². The topological polar surface area (TPSA) is 92.5 Å². The fourth-order valence-corrected chi connectivity index (χ4v) is 4.05. The molecule has 28 heavy (non-hydrogen) atoms. The molecule has 0 unspecified atom stereocenters. The number of hydrogen-bond acceptors (Lipinski definition) is 5. The van der Waals surface area contributed by atoms with Crippen LogP contribution in [0.3, 0.4) is 0 Å².